The highest BCUT2D eigenvalue weighted by Gasteiger charge is 2.11. The smallest absolute Gasteiger partial charge is 0.248 e. The van der Waals surface area contributed by atoms with Crippen LogP contribution in [0.1, 0.15) is 5.56 Å². The quantitative estimate of drug-likeness (QED) is 0.705. The zero-order valence-electron chi connectivity index (χ0n) is 12.6. The predicted octanol–water partition coefficient (Wildman–Crippen LogP) is 4.60. The molecule has 0 bridgehead atoms. The summed E-state index contributed by atoms with van der Waals surface area (Å²) in [5, 5.41) is 4.20. The third-order valence-electron chi connectivity index (χ3n) is 3.17. The van der Waals surface area contributed by atoms with Crippen LogP contribution in [0.15, 0.2) is 42.9 Å². The lowest BCUT2D eigenvalue weighted by Crippen LogP contribution is -2.04. The molecule has 0 aliphatic rings. The number of rotatable bonds is 4. The Kier molecular flexibility index (Phi) is 4.69. The van der Waals surface area contributed by atoms with Crippen LogP contribution >= 0.6 is 23.2 Å². The molecule has 0 amide bonds. The molecular weight excluding hydrogens is 349 g/mol. The summed E-state index contributed by atoms with van der Waals surface area (Å²) in [7, 11) is 0. The molecule has 24 heavy (non-hydrogen) atoms. The second kappa shape index (κ2) is 6.90. The molecule has 0 aliphatic heterocycles. The first-order chi connectivity index (χ1) is 11.5. The Bertz CT molecular complexity index is 871. The number of halogens is 2. The number of hydrogen-bond acceptors (Lipinski definition) is 6. The molecule has 3 aromatic rings. The number of benzene rings is 1. The Morgan fingerprint density at radius 3 is 2.62 bits per heavy atom. The summed E-state index contributed by atoms with van der Waals surface area (Å²) >= 11 is 11.8. The third-order valence-corrected chi connectivity index (χ3v) is 3.81. The number of pyridine rings is 1. The van der Waals surface area contributed by atoms with Gasteiger partial charge < -0.3 is 15.8 Å². The summed E-state index contributed by atoms with van der Waals surface area (Å²) in [6, 6.07) is 8.72. The number of aryl methyl sites for hydroxylation is 1. The van der Waals surface area contributed by atoms with E-state index in [4.69, 9.17) is 33.7 Å². The second-order valence-electron chi connectivity index (χ2n) is 4.94. The van der Waals surface area contributed by atoms with Gasteiger partial charge in [0.15, 0.2) is 5.82 Å². The molecule has 0 unspecified atom stereocenters. The lowest BCUT2D eigenvalue weighted by molar-refractivity contribution is 0.464. The largest absolute Gasteiger partial charge is 0.437 e. The topological polar surface area (TPSA) is 86.0 Å². The maximum atomic E-state index is 6.08. The van der Waals surface area contributed by atoms with Gasteiger partial charge in [0.1, 0.15) is 23.6 Å². The minimum atomic E-state index is 0.239. The molecule has 0 spiro atoms. The summed E-state index contributed by atoms with van der Waals surface area (Å²) in [5.74, 6) is 1.76. The van der Waals surface area contributed by atoms with Crippen LogP contribution in [0.25, 0.3) is 0 Å². The minimum Gasteiger partial charge on any atom is -0.437 e. The molecule has 3 N–H and O–H groups in total. The lowest BCUT2D eigenvalue weighted by Gasteiger charge is -2.12. The minimum absolute atomic E-state index is 0.239. The van der Waals surface area contributed by atoms with Crippen molar-refractivity contribution in [2.75, 3.05) is 11.1 Å². The van der Waals surface area contributed by atoms with Crippen molar-refractivity contribution in [2.45, 2.75) is 6.92 Å². The monoisotopic (exact) mass is 361 g/mol. The van der Waals surface area contributed by atoms with Gasteiger partial charge in [-0.1, -0.05) is 23.2 Å². The summed E-state index contributed by atoms with van der Waals surface area (Å²) in [4.78, 5) is 12.3. The molecule has 0 atom stereocenters. The Balaban J connectivity index is 1.84. The highest BCUT2D eigenvalue weighted by molar-refractivity contribution is 6.31. The number of nitrogen functional groups attached to an aromatic ring is 1. The van der Waals surface area contributed by atoms with Crippen LogP contribution in [0.3, 0.4) is 0 Å². The standard InChI is InChI=1S/C16H13Cl2N5O/c1-9-6-11(3-4-12(9)18)24-16-14(19)15(21-8-22-16)23-13-5-2-10(17)7-20-13/h2-8H,19H2,1H3,(H,20,21,22,23). The fourth-order valence-electron chi connectivity index (χ4n) is 1.92. The Morgan fingerprint density at radius 1 is 1.08 bits per heavy atom. The van der Waals surface area contributed by atoms with Gasteiger partial charge in [0.25, 0.3) is 0 Å². The summed E-state index contributed by atoms with van der Waals surface area (Å²) in [6.45, 7) is 1.89. The summed E-state index contributed by atoms with van der Waals surface area (Å²) < 4.78 is 5.73. The highest BCUT2D eigenvalue weighted by atomic mass is 35.5. The maximum absolute atomic E-state index is 6.08. The molecule has 2 heterocycles. The van der Waals surface area contributed by atoms with E-state index < -0.39 is 0 Å². The number of nitrogens with zero attached hydrogens (tertiary/aromatic N) is 3. The van der Waals surface area contributed by atoms with Crippen LogP contribution in [0, 0.1) is 6.92 Å². The van der Waals surface area contributed by atoms with Crippen LogP contribution in [0.2, 0.25) is 10.0 Å². The number of ether oxygens (including phenoxy) is 1. The van der Waals surface area contributed by atoms with Gasteiger partial charge in [-0.05, 0) is 42.8 Å². The normalized spacial score (nSPS) is 10.5. The maximum Gasteiger partial charge on any atom is 0.248 e. The molecule has 0 saturated carbocycles. The molecule has 0 aliphatic carbocycles. The van der Waals surface area contributed by atoms with Gasteiger partial charge in [0.05, 0.1) is 5.02 Å². The first kappa shape index (κ1) is 16.3. The van der Waals surface area contributed by atoms with E-state index in [1.54, 1.807) is 30.3 Å². The number of nitrogens with two attached hydrogens (primary N) is 1. The van der Waals surface area contributed by atoms with Crippen LogP contribution < -0.4 is 15.8 Å². The summed E-state index contributed by atoms with van der Waals surface area (Å²) in [6.07, 6.45) is 2.88. The Labute approximate surface area is 148 Å². The lowest BCUT2D eigenvalue weighted by atomic mass is 10.2. The van der Waals surface area contributed by atoms with Crippen molar-refractivity contribution in [3.8, 4) is 11.6 Å². The van der Waals surface area contributed by atoms with Crippen LogP contribution in [-0.2, 0) is 0 Å². The Morgan fingerprint density at radius 2 is 1.92 bits per heavy atom. The number of hydrogen-bond donors (Lipinski definition) is 2. The average molecular weight is 362 g/mol. The molecule has 122 valence electrons. The van der Waals surface area contributed by atoms with E-state index in [9.17, 15) is 0 Å². The van der Waals surface area contributed by atoms with Gasteiger partial charge in [-0.2, -0.15) is 4.98 Å². The number of aromatic nitrogens is 3. The van der Waals surface area contributed by atoms with E-state index in [2.05, 4.69) is 20.3 Å². The van der Waals surface area contributed by atoms with Crippen molar-refractivity contribution in [1.82, 2.24) is 15.0 Å². The van der Waals surface area contributed by atoms with Gasteiger partial charge in [-0.3, -0.25) is 0 Å². The number of nitrogens with one attached hydrogen (secondary N) is 1. The molecule has 8 heteroatoms. The van der Waals surface area contributed by atoms with Gasteiger partial charge in [-0.15, -0.1) is 0 Å². The molecule has 3 rings (SSSR count). The first-order valence-electron chi connectivity index (χ1n) is 6.96. The molecule has 1 aromatic carbocycles. The van der Waals surface area contributed by atoms with E-state index in [0.29, 0.717) is 27.4 Å². The molecular formula is C16H13Cl2N5O. The van der Waals surface area contributed by atoms with Gasteiger partial charge >= 0.3 is 0 Å². The predicted molar refractivity (Wildman–Crippen MR) is 95.2 cm³/mol. The van der Waals surface area contributed by atoms with Gasteiger partial charge in [0, 0.05) is 11.2 Å². The van der Waals surface area contributed by atoms with E-state index in [0.717, 1.165) is 5.56 Å². The van der Waals surface area contributed by atoms with Crippen molar-refractivity contribution >= 4 is 40.5 Å². The zero-order chi connectivity index (χ0) is 17.1. The third kappa shape index (κ3) is 3.67. The average Bonchev–Trinajstić information content (AvgIpc) is 2.57. The molecule has 2 aromatic heterocycles. The van der Waals surface area contributed by atoms with Crippen molar-refractivity contribution in [3.63, 3.8) is 0 Å². The molecule has 0 fully saturated rings. The fourth-order valence-corrected chi connectivity index (χ4v) is 2.15. The Hall–Kier alpha value is -2.57. The van der Waals surface area contributed by atoms with Gasteiger partial charge in [-0.25, -0.2) is 9.97 Å². The molecule has 0 radical (unpaired) electrons. The molecule has 0 saturated heterocycles. The van der Waals surface area contributed by atoms with E-state index in [1.165, 1.54) is 12.5 Å². The van der Waals surface area contributed by atoms with Crippen LogP contribution in [0.4, 0.5) is 17.3 Å². The van der Waals surface area contributed by atoms with Crippen molar-refractivity contribution < 1.29 is 4.74 Å². The van der Waals surface area contributed by atoms with Crippen LogP contribution in [-0.4, -0.2) is 15.0 Å². The number of anilines is 3. The second-order valence-corrected chi connectivity index (χ2v) is 5.78. The SMILES string of the molecule is Cc1cc(Oc2ncnc(Nc3ccc(Cl)cn3)c2N)ccc1Cl. The van der Waals surface area contributed by atoms with Crippen molar-refractivity contribution in [3.05, 3.63) is 58.5 Å². The van der Waals surface area contributed by atoms with Crippen molar-refractivity contribution in [1.29, 1.82) is 0 Å². The fraction of sp³-hybridized carbons (Fsp3) is 0.0625. The zero-order valence-corrected chi connectivity index (χ0v) is 14.1. The van der Waals surface area contributed by atoms with Gasteiger partial charge in [0.2, 0.25) is 5.88 Å². The van der Waals surface area contributed by atoms with Crippen molar-refractivity contribution in [2.24, 2.45) is 0 Å². The van der Waals surface area contributed by atoms with E-state index in [1.807, 2.05) is 6.92 Å². The van der Waals surface area contributed by atoms with E-state index >= 15 is 0 Å². The molecule has 6 nitrogen and oxygen atoms in total. The van der Waals surface area contributed by atoms with Crippen LogP contribution in [0.5, 0.6) is 11.6 Å². The summed E-state index contributed by atoms with van der Waals surface area (Å²) in [5.41, 5.74) is 7.24. The first-order valence-corrected chi connectivity index (χ1v) is 7.71. The highest BCUT2D eigenvalue weighted by Crippen LogP contribution is 2.32. The van der Waals surface area contributed by atoms with E-state index in [-0.39, 0.29) is 11.6 Å².